The van der Waals surface area contributed by atoms with E-state index in [0.29, 0.717) is 17.4 Å². The molecule has 0 bridgehead atoms. The number of nitrogens with one attached hydrogen (secondary N) is 1. The zero-order chi connectivity index (χ0) is 23.3. The van der Waals surface area contributed by atoms with Gasteiger partial charge in [0.05, 0.1) is 10.8 Å². The number of aryl methyl sites for hydroxylation is 1. The first-order valence-electron chi connectivity index (χ1n) is 11.6. The molecule has 0 aliphatic heterocycles. The number of hydrogen-bond donors (Lipinski definition) is 1. The van der Waals surface area contributed by atoms with Crippen molar-refractivity contribution >= 4 is 26.7 Å². The molecule has 2 saturated carbocycles. The van der Waals surface area contributed by atoms with Crippen molar-refractivity contribution in [1.29, 1.82) is 0 Å². The highest BCUT2D eigenvalue weighted by Crippen LogP contribution is 2.35. The van der Waals surface area contributed by atoms with Crippen molar-refractivity contribution in [3.05, 3.63) is 53.6 Å². The van der Waals surface area contributed by atoms with Gasteiger partial charge in [0.15, 0.2) is 0 Å². The number of nitrogens with zero attached hydrogens (tertiary/aromatic N) is 3. The van der Waals surface area contributed by atoms with Crippen molar-refractivity contribution in [1.82, 2.24) is 14.3 Å². The van der Waals surface area contributed by atoms with E-state index in [1.807, 2.05) is 25.1 Å². The van der Waals surface area contributed by atoms with Gasteiger partial charge in [0.1, 0.15) is 17.5 Å². The molecule has 1 aromatic heterocycles. The van der Waals surface area contributed by atoms with Gasteiger partial charge >= 0.3 is 0 Å². The molecular weight excluding hydrogens is 439 g/mol. The fourth-order valence-electron chi connectivity index (χ4n) is 4.06. The maximum atomic E-state index is 14.8. The highest BCUT2D eigenvalue weighted by atomic mass is 32.2. The van der Waals surface area contributed by atoms with Crippen LogP contribution in [0, 0.1) is 12.7 Å². The molecule has 0 amide bonds. The molecule has 0 radical (unpaired) electrons. The maximum Gasteiger partial charge on any atom is 0.216 e. The average Bonchev–Trinajstić information content (AvgIpc) is 3.68. The van der Waals surface area contributed by atoms with Crippen LogP contribution in [0.3, 0.4) is 0 Å². The summed E-state index contributed by atoms with van der Waals surface area (Å²) < 4.78 is 42.0. The predicted octanol–water partition coefficient (Wildman–Crippen LogP) is 5.02. The molecule has 1 heterocycles. The van der Waals surface area contributed by atoms with Crippen LogP contribution >= 0.6 is 0 Å². The van der Waals surface area contributed by atoms with Crippen LogP contribution in [0.25, 0.3) is 22.0 Å². The SMILES string of the molecule is Cc1nc(NC2CC2)c2cc(-c3ccc(F)c(CN(C4CC4)S(=O)(=O)C(C)C)c3)ccc2n1. The van der Waals surface area contributed by atoms with E-state index in [9.17, 15) is 12.8 Å². The summed E-state index contributed by atoms with van der Waals surface area (Å²) in [7, 11) is -3.47. The predicted molar refractivity (Wildman–Crippen MR) is 129 cm³/mol. The Kier molecular flexibility index (Phi) is 5.61. The van der Waals surface area contributed by atoms with Crippen molar-refractivity contribution in [2.24, 2.45) is 0 Å². The Bertz CT molecular complexity index is 1320. The molecule has 174 valence electrons. The third kappa shape index (κ3) is 4.59. The minimum atomic E-state index is -3.47. The van der Waals surface area contributed by atoms with Gasteiger partial charge in [-0.05, 0) is 81.8 Å². The average molecular weight is 469 g/mol. The van der Waals surface area contributed by atoms with Crippen molar-refractivity contribution in [2.75, 3.05) is 5.32 Å². The molecule has 2 fully saturated rings. The van der Waals surface area contributed by atoms with Crippen molar-refractivity contribution in [3.8, 4) is 11.1 Å². The summed E-state index contributed by atoms with van der Waals surface area (Å²) in [6.45, 7) is 5.27. The van der Waals surface area contributed by atoms with Crippen LogP contribution in [-0.4, -0.2) is 40.0 Å². The van der Waals surface area contributed by atoms with Gasteiger partial charge in [0, 0.05) is 29.6 Å². The molecule has 2 aliphatic rings. The number of anilines is 1. The van der Waals surface area contributed by atoms with Crippen LogP contribution in [0.5, 0.6) is 0 Å². The normalized spacial score (nSPS) is 16.7. The van der Waals surface area contributed by atoms with Crippen LogP contribution in [0.1, 0.15) is 50.9 Å². The lowest BCUT2D eigenvalue weighted by Crippen LogP contribution is -2.37. The molecule has 2 aliphatic carbocycles. The fraction of sp³-hybridized carbons (Fsp3) is 0.440. The van der Waals surface area contributed by atoms with E-state index in [1.165, 1.54) is 10.4 Å². The molecule has 5 rings (SSSR count). The fourth-order valence-corrected chi connectivity index (χ4v) is 5.55. The maximum absolute atomic E-state index is 14.8. The number of halogens is 1. The van der Waals surface area contributed by atoms with E-state index in [-0.39, 0.29) is 18.4 Å². The highest BCUT2D eigenvalue weighted by molar-refractivity contribution is 7.89. The third-order valence-electron chi connectivity index (χ3n) is 6.31. The number of rotatable bonds is 8. The van der Waals surface area contributed by atoms with Crippen LogP contribution in [-0.2, 0) is 16.6 Å². The highest BCUT2D eigenvalue weighted by Gasteiger charge is 2.39. The second-order valence-electron chi connectivity index (χ2n) is 9.45. The number of aromatic nitrogens is 2. The number of sulfonamides is 1. The zero-order valence-electron chi connectivity index (χ0n) is 19.2. The van der Waals surface area contributed by atoms with Crippen molar-refractivity contribution in [3.63, 3.8) is 0 Å². The van der Waals surface area contributed by atoms with Gasteiger partial charge in [0.2, 0.25) is 10.0 Å². The molecule has 3 aromatic rings. The molecular formula is C25H29FN4O2S. The second kappa shape index (κ2) is 8.33. The van der Waals surface area contributed by atoms with Gasteiger partial charge in [-0.2, -0.15) is 4.31 Å². The summed E-state index contributed by atoms with van der Waals surface area (Å²) in [5.41, 5.74) is 3.00. The van der Waals surface area contributed by atoms with E-state index in [1.54, 1.807) is 26.0 Å². The first-order chi connectivity index (χ1) is 15.7. The monoisotopic (exact) mass is 468 g/mol. The van der Waals surface area contributed by atoms with E-state index in [2.05, 4.69) is 15.3 Å². The van der Waals surface area contributed by atoms with Crippen LogP contribution in [0.2, 0.25) is 0 Å². The quantitative estimate of drug-likeness (QED) is 0.502. The van der Waals surface area contributed by atoms with Gasteiger partial charge in [-0.25, -0.2) is 22.8 Å². The van der Waals surface area contributed by atoms with Gasteiger partial charge in [0.25, 0.3) is 0 Å². The van der Waals surface area contributed by atoms with Gasteiger partial charge < -0.3 is 5.32 Å². The topological polar surface area (TPSA) is 75.2 Å². The lowest BCUT2D eigenvalue weighted by molar-refractivity contribution is 0.387. The summed E-state index contributed by atoms with van der Waals surface area (Å²) in [4.78, 5) is 9.16. The first-order valence-corrected chi connectivity index (χ1v) is 13.1. The Balaban J connectivity index is 1.51. The molecule has 2 aromatic carbocycles. The number of benzene rings is 2. The third-order valence-corrected chi connectivity index (χ3v) is 8.58. The minimum absolute atomic E-state index is 0.0300. The lowest BCUT2D eigenvalue weighted by atomic mass is 10.0. The molecule has 0 saturated heterocycles. The van der Waals surface area contributed by atoms with Crippen molar-refractivity contribution < 1.29 is 12.8 Å². The molecule has 0 spiro atoms. The Hall–Kier alpha value is -2.58. The standard InChI is InChI=1S/C25H29FN4O2S/c1-15(2)33(31,32)30(21-8-9-21)14-19-12-17(4-10-23(19)26)18-5-11-24-22(13-18)25(28-16(3)27-24)29-20-6-7-20/h4-5,10-13,15,20-21H,6-9,14H2,1-3H3,(H,27,28,29). The number of hydrogen-bond acceptors (Lipinski definition) is 5. The number of fused-ring (bicyclic) bond motifs is 1. The molecule has 1 N–H and O–H groups in total. The van der Waals surface area contributed by atoms with E-state index < -0.39 is 15.3 Å². The molecule has 8 heteroatoms. The van der Waals surface area contributed by atoms with Gasteiger partial charge in [-0.3, -0.25) is 0 Å². The Morgan fingerprint density at radius 1 is 1.06 bits per heavy atom. The summed E-state index contributed by atoms with van der Waals surface area (Å²) in [6.07, 6.45) is 3.94. The van der Waals surface area contributed by atoms with Gasteiger partial charge in [-0.1, -0.05) is 12.1 Å². The summed E-state index contributed by atoms with van der Waals surface area (Å²) >= 11 is 0. The Labute approximate surface area is 194 Å². The Morgan fingerprint density at radius 2 is 1.76 bits per heavy atom. The first kappa shape index (κ1) is 22.2. The molecule has 0 unspecified atom stereocenters. The summed E-state index contributed by atoms with van der Waals surface area (Å²) in [6, 6.07) is 11.3. The minimum Gasteiger partial charge on any atom is -0.367 e. The van der Waals surface area contributed by atoms with E-state index >= 15 is 0 Å². The Morgan fingerprint density at radius 3 is 2.42 bits per heavy atom. The van der Waals surface area contributed by atoms with Crippen LogP contribution in [0.4, 0.5) is 10.2 Å². The summed E-state index contributed by atoms with van der Waals surface area (Å²) in [5, 5.41) is 3.88. The molecule has 0 atom stereocenters. The van der Waals surface area contributed by atoms with Crippen molar-refractivity contribution in [2.45, 2.75) is 70.3 Å². The molecule has 33 heavy (non-hydrogen) atoms. The second-order valence-corrected chi connectivity index (χ2v) is 11.9. The van der Waals surface area contributed by atoms with Gasteiger partial charge in [-0.15, -0.1) is 0 Å². The summed E-state index contributed by atoms with van der Waals surface area (Å²) in [5.74, 6) is 1.15. The lowest BCUT2D eigenvalue weighted by Gasteiger charge is -2.24. The zero-order valence-corrected chi connectivity index (χ0v) is 20.0. The van der Waals surface area contributed by atoms with E-state index in [0.717, 1.165) is 53.5 Å². The van der Waals surface area contributed by atoms with Crippen LogP contribution in [0.15, 0.2) is 36.4 Å². The smallest absolute Gasteiger partial charge is 0.216 e. The largest absolute Gasteiger partial charge is 0.367 e. The molecule has 6 nitrogen and oxygen atoms in total. The van der Waals surface area contributed by atoms with E-state index in [4.69, 9.17) is 0 Å². The van der Waals surface area contributed by atoms with Crippen LogP contribution < -0.4 is 5.32 Å².